The third-order valence-corrected chi connectivity index (χ3v) is 6.35. The monoisotopic (exact) mass is 436 g/mol. The van der Waals surface area contributed by atoms with Crippen molar-refractivity contribution in [2.75, 3.05) is 24.2 Å². The summed E-state index contributed by atoms with van der Waals surface area (Å²) in [6.07, 6.45) is 5.16. The fourth-order valence-corrected chi connectivity index (χ4v) is 4.15. The molecular weight excluding hydrogens is 411 g/mol. The minimum absolute atomic E-state index is 0.0140. The van der Waals surface area contributed by atoms with Crippen LogP contribution in [0.25, 0.3) is 11.3 Å². The molecule has 4 rings (SSSR count). The van der Waals surface area contributed by atoms with Gasteiger partial charge in [-0.25, -0.2) is 14.4 Å². The lowest BCUT2D eigenvalue weighted by atomic mass is 9.95. The number of rotatable bonds is 6. The van der Waals surface area contributed by atoms with E-state index >= 15 is 0 Å². The van der Waals surface area contributed by atoms with Crippen LogP contribution in [0.5, 0.6) is 0 Å². The van der Waals surface area contributed by atoms with E-state index in [9.17, 15) is 9.18 Å². The molecule has 0 aliphatic carbocycles. The number of benzene rings is 2. The summed E-state index contributed by atoms with van der Waals surface area (Å²) in [5, 5.41) is 3.08. The van der Waals surface area contributed by atoms with Crippen molar-refractivity contribution in [1.29, 1.82) is 0 Å². The zero-order chi connectivity index (χ0) is 21.6. The van der Waals surface area contributed by atoms with E-state index < -0.39 is 0 Å². The average molecular weight is 437 g/mol. The molecule has 5 nitrogen and oxygen atoms in total. The quantitative estimate of drug-likeness (QED) is 0.575. The van der Waals surface area contributed by atoms with Crippen LogP contribution in [0.1, 0.15) is 18.4 Å². The third-order valence-electron chi connectivity index (χ3n) is 5.61. The molecule has 0 unspecified atom stereocenters. The van der Waals surface area contributed by atoms with Gasteiger partial charge >= 0.3 is 0 Å². The highest BCUT2D eigenvalue weighted by molar-refractivity contribution is 7.98. The predicted octanol–water partition coefficient (Wildman–Crippen LogP) is 4.54. The number of nitrogens with zero attached hydrogens (tertiary/aromatic N) is 3. The van der Waals surface area contributed by atoms with Gasteiger partial charge in [0, 0.05) is 42.1 Å². The zero-order valence-electron chi connectivity index (χ0n) is 17.4. The molecule has 7 heteroatoms. The molecule has 0 saturated carbocycles. The molecule has 1 amide bonds. The molecule has 160 valence electrons. The first kappa shape index (κ1) is 21.3. The number of hydrogen-bond acceptors (Lipinski definition) is 5. The van der Waals surface area contributed by atoms with Gasteiger partial charge in [0.1, 0.15) is 18.0 Å². The summed E-state index contributed by atoms with van der Waals surface area (Å²) >= 11 is 1.71. The molecule has 1 fully saturated rings. The lowest BCUT2D eigenvalue weighted by Crippen LogP contribution is -2.40. The smallest absolute Gasteiger partial charge is 0.223 e. The van der Waals surface area contributed by atoms with E-state index in [1.165, 1.54) is 23.4 Å². The number of anilines is 1. The molecule has 31 heavy (non-hydrogen) atoms. The molecule has 0 spiro atoms. The van der Waals surface area contributed by atoms with E-state index in [-0.39, 0.29) is 17.6 Å². The molecule has 2 heterocycles. The Kier molecular flexibility index (Phi) is 6.82. The molecule has 3 aromatic rings. The maximum absolute atomic E-state index is 13.2. The van der Waals surface area contributed by atoms with E-state index in [0.29, 0.717) is 6.54 Å². The van der Waals surface area contributed by atoms with Crippen LogP contribution >= 0.6 is 11.8 Å². The maximum Gasteiger partial charge on any atom is 0.223 e. The molecule has 1 N–H and O–H groups in total. The Hall–Kier alpha value is -2.93. The van der Waals surface area contributed by atoms with Gasteiger partial charge in [0.2, 0.25) is 5.91 Å². The summed E-state index contributed by atoms with van der Waals surface area (Å²) in [7, 11) is 0. The molecule has 1 saturated heterocycles. The first-order valence-electron chi connectivity index (χ1n) is 10.4. The Morgan fingerprint density at radius 2 is 1.81 bits per heavy atom. The lowest BCUT2D eigenvalue weighted by molar-refractivity contribution is -0.125. The van der Waals surface area contributed by atoms with E-state index in [1.54, 1.807) is 23.9 Å². The number of carbonyl (C=O) groups is 1. The Morgan fingerprint density at radius 3 is 2.48 bits per heavy atom. The standard InChI is InChI=1S/C24H25FN4OS/c1-31-21-8-2-17(3-9-21)15-26-24(30)19-10-12-29(13-11-19)23-14-22(27-16-28-23)18-4-6-20(25)7-5-18/h2-9,14,16,19H,10-13,15H2,1H3,(H,26,30). The van der Waals surface area contributed by atoms with Crippen molar-refractivity contribution < 1.29 is 9.18 Å². The summed E-state index contributed by atoms with van der Waals surface area (Å²) in [6.45, 7) is 2.08. The molecule has 2 aromatic carbocycles. The number of nitrogens with one attached hydrogen (secondary N) is 1. The summed E-state index contributed by atoms with van der Waals surface area (Å²) in [4.78, 5) is 24.7. The van der Waals surface area contributed by atoms with Gasteiger partial charge in [-0.3, -0.25) is 4.79 Å². The molecular formula is C24H25FN4OS. The van der Waals surface area contributed by atoms with Crippen LogP contribution in [-0.2, 0) is 11.3 Å². The summed E-state index contributed by atoms with van der Waals surface area (Å²) in [5.74, 6) is 0.695. The fourth-order valence-electron chi connectivity index (χ4n) is 3.75. The summed E-state index contributed by atoms with van der Waals surface area (Å²) in [6, 6.07) is 16.5. The van der Waals surface area contributed by atoms with Crippen molar-refractivity contribution in [3.8, 4) is 11.3 Å². The Bertz CT molecular complexity index is 1020. The molecule has 0 atom stereocenters. The second-order valence-electron chi connectivity index (χ2n) is 7.60. The zero-order valence-corrected chi connectivity index (χ0v) is 18.2. The number of piperidine rings is 1. The van der Waals surface area contributed by atoms with Crippen molar-refractivity contribution in [1.82, 2.24) is 15.3 Å². The van der Waals surface area contributed by atoms with Crippen LogP contribution in [0.15, 0.2) is 65.8 Å². The number of carbonyl (C=O) groups excluding carboxylic acids is 1. The second-order valence-corrected chi connectivity index (χ2v) is 8.48. The second kappa shape index (κ2) is 9.92. The predicted molar refractivity (Wildman–Crippen MR) is 122 cm³/mol. The van der Waals surface area contributed by atoms with Crippen LogP contribution in [0, 0.1) is 11.7 Å². The fraction of sp³-hybridized carbons (Fsp3) is 0.292. The van der Waals surface area contributed by atoms with Crippen molar-refractivity contribution in [3.63, 3.8) is 0 Å². The van der Waals surface area contributed by atoms with Crippen LogP contribution in [-0.4, -0.2) is 35.2 Å². The largest absolute Gasteiger partial charge is 0.356 e. The van der Waals surface area contributed by atoms with Crippen LogP contribution in [0.2, 0.25) is 0 Å². The topological polar surface area (TPSA) is 58.1 Å². The lowest BCUT2D eigenvalue weighted by Gasteiger charge is -2.32. The maximum atomic E-state index is 13.2. The highest BCUT2D eigenvalue weighted by atomic mass is 32.2. The van der Waals surface area contributed by atoms with Gasteiger partial charge in [0.05, 0.1) is 5.69 Å². The van der Waals surface area contributed by atoms with Gasteiger partial charge in [0.25, 0.3) is 0 Å². The van der Waals surface area contributed by atoms with E-state index in [0.717, 1.165) is 48.6 Å². The molecule has 0 radical (unpaired) electrons. The van der Waals surface area contributed by atoms with Crippen molar-refractivity contribution >= 4 is 23.5 Å². The third kappa shape index (κ3) is 5.41. The Balaban J connectivity index is 1.31. The van der Waals surface area contributed by atoms with Gasteiger partial charge < -0.3 is 10.2 Å². The Morgan fingerprint density at radius 1 is 1.10 bits per heavy atom. The molecule has 1 aliphatic heterocycles. The first-order valence-corrected chi connectivity index (χ1v) is 11.6. The van der Waals surface area contributed by atoms with Gasteiger partial charge in [0.15, 0.2) is 0 Å². The van der Waals surface area contributed by atoms with Crippen LogP contribution in [0.3, 0.4) is 0 Å². The number of thioether (sulfide) groups is 1. The minimum atomic E-state index is -0.268. The first-order chi connectivity index (χ1) is 15.1. The average Bonchev–Trinajstić information content (AvgIpc) is 2.83. The van der Waals surface area contributed by atoms with Gasteiger partial charge in [-0.1, -0.05) is 12.1 Å². The van der Waals surface area contributed by atoms with E-state index in [2.05, 4.69) is 44.5 Å². The van der Waals surface area contributed by atoms with E-state index in [1.807, 2.05) is 12.3 Å². The van der Waals surface area contributed by atoms with E-state index in [4.69, 9.17) is 0 Å². The Labute approximate surface area is 186 Å². The number of amides is 1. The number of aromatic nitrogens is 2. The van der Waals surface area contributed by atoms with Gasteiger partial charge in [-0.05, 0) is 61.1 Å². The van der Waals surface area contributed by atoms with Crippen LogP contribution in [0.4, 0.5) is 10.2 Å². The number of halogens is 1. The summed E-state index contributed by atoms with van der Waals surface area (Å²) < 4.78 is 13.2. The highest BCUT2D eigenvalue weighted by Crippen LogP contribution is 2.25. The molecule has 1 aliphatic rings. The molecule has 0 bridgehead atoms. The minimum Gasteiger partial charge on any atom is -0.356 e. The van der Waals surface area contributed by atoms with Crippen molar-refractivity contribution in [2.45, 2.75) is 24.3 Å². The normalized spacial score (nSPS) is 14.5. The highest BCUT2D eigenvalue weighted by Gasteiger charge is 2.25. The SMILES string of the molecule is CSc1ccc(CNC(=O)C2CCN(c3cc(-c4ccc(F)cc4)ncn3)CC2)cc1. The molecule has 1 aromatic heterocycles. The van der Waals surface area contributed by atoms with Crippen molar-refractivity contribution in [2.24, 2.45) is 5.92 Å². The van der Waals surface area contributed by atoms with Crippen LogP contribution < -0.4 is 10.2 Å². The summed E-state index contributed by atoms with van der Waals surface area (Å²) in [5.41, 5.74) is 2.72. The number of hydrogen-bond donors (Lipinski definition) is 1. The van der Waals surface area contributed by atoms with Gasteiger partial charge in [-0.15, -0.1) is 11.8 Å². The van der Waals surface area contributed by atoms with Crippen molar-refractivity contribution in [3.05, 3.63) is 72.3 Å². The van der Waals surface area contributed by atoms with Gasteiger partial charge in [-0.2, -0.15) is 0 Å².